The van der Waals surface area contributed by atoms with Gasteiger partial charge in [-0.3, -0.25) is 14.5 Å². The molecule has 7 nitrogen and oxygen atoms in total. The molecule has 2 aliphatic rings. The van der Waals surface area contributed by atoms with E-state index in [0.29, 0.717) is 47.7 Å². The molecule has 1 aromatic heterocycles. The van der Waals surface area contributed by atoms with Crippen molar-refractivity contribution in [3.63, 3.8) is 0 Å². The number of benzene rings is 1. The van der Waals surface area contributed by atoms with Gasteiger partial charge in [-0.2, -0.15) is 0 Å². The maximum atomic E-state index is 12.6. The van der Waals surface area contributed by atoms with Crippen molar-refractivity contribution in [1.29, 1.82) is 0 Å². The van der Waals surface area contributed by atoms with Gasteiger partial charge in [0.05, 0.1) is 36.7 Å². The summed E-state index contributed by atoms with van der Waals surface area (Å²) >= 11 is 7.54. The number of thiazole rings is 1. The molecular formula is C19H21ClN4O3S. The van der Waals surface area contributed by atoms with Crippen LogP contribution < -0.4 is 15.1 Å². The molecule has 2 amide bonds. The van der Waals surface area contributed by atoms with Crippen LogP contribution in [0.5, 0.6) is 0 Å². The minimum absolute atomic E-state index is 0.0967. The molecule has 3 heterocycles. The summed E-state index contributed by atoms with van der Waals surface area (Å²) in [5.41, 5.74) is 2.28. The number of carbonyl (C=O) groups excluding carboxylic acids is 2. The number of hydrogen-bond donors (Lipinski definition) is 1. The van der Waals surface area contributed by atoms with Crippen molar-refractivity contribution in [2.45, 2.75) is 19.3 Å². The van der Waals surface area contributed by atoms with E-state index in [1.165, 1.54) is 11.3 Å². The number of ether oxygens (including phenoxy) is 1. The van der Waals surface area contributed by atoms with Crippen LogP contribution in [0, 0.1) is 0 Å². The molecule has 2 fully saturated rings. The fraction of sp³-hybridized carbons (Fsp3) is 0.421. The highest BCUT2D eigenvalue weighted by Crippen LogP contribution is 2.30. The zero-order valence-corrected chi connectivity index (χ0v) is 16.9. The summed E-state index contributed by atoms with van der Waals surface area (Å²) in [5, 5.41) is 6.03. The second kappa shape index (κ2) is 8.46. The number of morpholine rings is 1. The van der Waals surface area contributed by atoms with Gasteiger partial charge < -0.3 is 15.0 Å². The van der Waals surface area contributed by atoms with Gasteiger partial charge in [0, 0.05) is 36.5 Å². The summed E-state index contributed by atoms with van der Waals surface area (Å²) in [6.07, 6.45) is 1.56. The van der Waals surface area contributed by atoms with E-state index in [2.05, 4.69) is 15.2 Å². The molecule has 9 heteroatoms. The molecule has 0 aliphatic carbocycles. The third kappa shape index (κ3) is 4.29. The van der Waals surface area contributed by atoms with E-state index >= 15 is 0 Å². The Kier molecular flexibility index (Phi) is 5.79. The third-order valence-corrected chi connectivity index (χ3v) is 5.92. The Morgan fingerprint density at radius 3 is 2.86 bits per heavy atom. The normalized spacial score (nSPS) is 17.2. The molecule has 0 atom stereocenters. The predicted molar refractivity (Wildman–Crippen MR) is 111 cm³/mol. The number of amides is 2. The standard InChI is InChI=1S/C19H21ClN4O3S/c20-13-3-4-16(23-6-8-27-9-7-23)15(10-13)22-17(25)11-14-12-28-19(21-14)24-5-1-2-18(24)26/h3-4,10,12H,1-2,5-9,11H2,(H,22,25). The molecule has 2 aromatic rings. The lowest BCUT2D eigenvalue weighted by atomic mass is 10.2. The Morgan fingerprint density at radius 2 is 2.11 bits per heavy atom. The minimum atomic E-state index is -0.165. The molecule has 28 heavy (non-hydrogen) atoms. The minimum Gasteiger partial charge on any atom is -0.378 e. The number of nitrogens with one attached hydrogen (secondary N) is 1. The van der Waals surface area contributed by atoms with E-state index in [1.54, 1.807) is 11.0 Å². The Morgan fingerprint density at radius 1 is 1.29 bits per heavy atom. The lowest BCUT2D eigenvalue weighted by molar-refractivity contribution is -0.117. The number of hydrogen-bond acceptors (Lipinski definition) is 6. The second-order valence-corrected chi connectivity index (χ2v) is 8.03. The summed E-state index contributed by atoms with van der Waals surface area (Å²) in [6.45, 7) is 3.55. The molecule has 1 aromatic carbocycles. The highest BCUT2D eigenvalue weighted by Gasteiger charge is 2.24. The van der Waals surface area contributed by atoms with Gasteiger partial charge in [0.2, 0.25) is 11.8 Å². The van der Waals surface area contributed by atoms with Crippen molar-refractivity contribution in [3.8, 4) is 0 Å². The van der Waals surface area contributed by atoms with Crippen LogP contribution in [0.1, 0.15) is 18.5 Å². The quantitative estimate of drug-likeness (QED) is 0.804. The van der Waals surface area contributed by atoms with Crippen molar-refractivity contribution in [3.05, 3.63) is 34.3 Å². The maximum Gasteiger partial charge on any atom is 0.230 e. The largest absolute Gasteiger partial charge is 0.378 e. The lowest BCUT2D eigenvalue weighted by Gasteiger charge is -2.30. The van der Waals surface area contributed by atoms with E-state index in [-0.39, 0.29) is 18.2 Å². The number of aromatic nitrogens is 1. The molecular weight excluding hydrogens is 400 g/mol. The highest BCUT2D eigenvalue weighted by molar-refractivity contribution is 7.14. The number of nitrogens with zero attached hydrogens (tertiary/aromatic N) is 3. The third-order valence-electron chi connectivity index (χ3n) is 4.77. The lowest BCUT2D eigenvalue weighted by Crippen LogP contribution is -2.36. The Labute approximate surface area is 172 Å². The first kappa shape index (κ1) is 19.2. The van der Waals surface area contributed by atoms with Gasteiger partial charge in [0.1, 0.15) is 0 Å². The molecule has 0 saturated carbocycles. The smallest absolute Gasteiger partial charge is 0.230 e. The van der Waals surface area contributed by atoms with Crippen LogP contribution in [-0.2, 0) is 20.7 Å². The molecule has 2 aliphatic heterocycles. The van der Waals surface area contributed by atoms with Gasteiger partial charge in [-0.15, -0.1) is 11.3 Å². The van der Waals surface area contributed by atoms with Crippen LogP contribution in [-0.4, -0.2) is 49.6 Å². The fourth-order valence-corrected chi connectivity index (χ4v) is 4.44. The highest BCUT2D eigenvalue weighted by atomic mass is 35.5. The molecule has 1 N–H and O–H groups in total. The summed E-state index contributed by atoms with van der Waals surface area (Å²) < 4.78 is 5.41. The van der Waals surface area contributed by atoms with Crippen LogP contribution in [0.15, 0.2) is 23.6 Å². The molecule has 0 unspecified atom stereocenters. The van der Waals surface area contributed by atoms with Gasteiger partial charge in [0.15, 0.2) is 5.13 Å². The summed E-state index contributed by atoms with van der Waals surface area (Å²) in [4.78, 5) is 32.8. The molecule has 0 bridgehead atoms. The molecule has 148 valence electrons. The molecule has 2 saturated heterocycles. The monoisotopic (exact) mass is 420 g/mol. The Hall–Kier alpha value is -2.16. The predicted octanol–water partition coefficient (Wildman–Crippen LogP) is 2.94. The van der Waals surface area contributed by atoms with E-state index in [4.69, 9.17) is 16.3 Å². The maximum absolute atomic E-state index is 12.6. The number of rotatable bonds is 5. The Bertz CT molecular complexity index is 882. The van der Waals surface area contributed by atoms with Crippen molar-refractivity contribution >= 4 is 51.3 Å². The van der Waals surface area contributed by atoms with Gasteiger partial charge in [0.25, 0.3) is 0 Å². The van der Waals surface area contributed by atoms with E-state index in [1.807, 2.05) is 17.5 Å². The van der Waals surface area contributed by atoms with E-state index in [9.17, 15) is 9.59 Å². The van der Waals surface area contributed by atoms with Crippen LogP contribution in [0.25, 0.3) is 0 Å². The van der Waals surface area contributed by atoms with Gasteiger partial charge in [-0.25, -0.2) is 4.98 Å². The van der Waals surface area contributed by atoms with Gasteiger partial charge in [-0.1, -0.05) is 11.6 Å². The second-order valence-electron chi connectivity index (χ2n) is 6.76. The molecule has 0 spiro atoms. The first-order chi connectivity index (χ1) is 13.6. The fourth-order valence-electron chi connectivity index (χ4n) is 3.40. The molecule has 4 rings (SSSR count). The van der Waals surface area contributed by atoms with Crippen molar-refractivity contribution in [2.24, 2.45) is 0 Å². The van der Waals surface area contributed by atoms with E-state index < -0.39 is 0 Å². The van der Waals surface area contributed by atoms with Crippen LogP contribution in [0.2, 0.25) is 5.02 Å². The average molecular weight is 421 g/mol. The van der Waals surface area contributed by atoms with Crippen molar-refractivity contribution in [2.75, 3.05) is 48.0 Å². The van der Waals surface area contributed by atoms with Crippen LogP contribution >= 0.6 is 22.9 Å². The van der Waals surface area contributed by atoms with Gasteiger partial charge >= 0.3 is 0 Å². The number of anilines is 3. The topological polar surface area (TPSA) is 74.8 Å². The van der Waals surface area contributed by atoms with Gasteiger partial charge in [-0.05, 0) is 24.6 Å². The van der Waals surface area contributed by atoms with E-state index in [0.717, 1.165) is 25.2 Å². The number of halogens is 1. The summed E-state index contributed by atoms with van der Waals surface area (Å²) in [7, 11) is 0. The molecule has 0 radical (unpaired) electrons. The average Bonchev–Trinajstić information content (AvgIpc) is 3.31. The zero-order chi connectivity index (χ0) is 19.5. The SMILES string of the molecule is O=C(Cc1csc(N2CCCC2=O)n1)Nc1cc(Cl)ccc1N1CCOCC1. The van der Waals surface area contributed by atoms with Crippen LogP contribution in [0.3, 0.4) is 0 Å². The Balaban J connectivity index is 1.44. The number of carbonyl (C=O) groups is 2. The van der Waals surface area contributed by atoms with Crippen molar-refractivity contribution < 1.29 is 14.3 Å². The summed E-state index contributed by atoms with van der Waals surface area (Å²) in [6, 6.07) is 5.50. The van der Waals surface area contributed by atoms with Crippen LogP contribution in [0.4, 0.5) is 16.5 Å². The zero-order valence-electron chi connectivity index (χ0n) is 15.3. The summed E-state index contributed by atoms with van der Waals surface area (Å²) in [5.74, 6) is -0.0687. The van der Waals surface area contributed by atoms with Crippen molar-refractivity contribution in [1.82, 2.24) is 4.98 Å². The first-order valence-electron chi connectivity index (χ1n) is 9.27. The first-order valence-corrected chi connectivity index (χ1v) is 10.5.